The number of guanidine groups is 1. The number of hydrogen-bond donors (Lipinski definition) is 1. The van der Waals surface area contributed by atoms with Crippen LogP contribution in [0.5, 0.6) is 0 Å². The number of aryl methyl sites for hydroxylation is 1. The van der Waals surface area contributed by atoms with Gasteiger partial charge in [-0.3, -0.25) is 20.2 Å². The normalized spacial score (nSPS) is 20.2. The minimum atomic E-state index is 0.317. The van der Waals surface area contributed by atoms with Gasteiger partial charge in [-0.15, -0.1) is 0 Å². The molecule has 1 fully saturated rings. The molecule has 194 valence electrons. The molecule has 37 heavy (non-hydrogen) atoms. The topological polar surface area (TPSA) is 85.4 Å². The van der Waals surface area contributed by atoms with Crippen molar-refractivity contribution in [2.75, 3.05) is 26.7 Å². The Balaban J connectivity index is 1.37. The van der Waals surface area contributed by atoms with Gasteiger partial charge in [-0.25, -0.2) is 4.98 Å². The van der Waals surface area contributed by atoms with Crippen LogP contribution in [0.2, 0.25) is 0 Å². The third-order valence-electron chi connectivity index (χ3n) is 7.73. The molecule has 2 aliphatic rings. The Morgan fingerprint density at radius 3 is 2.97 bits per heavy atom. The first kappa shape index (κ1) is 25.2. The van der Waals surface area contributed by atoms with Crippen LogP contribution in [0.4, 0.5) is 0 Å². The monoisotopic (exact) mass is 498 g/mol. The molecule has 1 saturated heterocycles. The number of imidazole rings is 1. The van der Waals surface area contributed by atoms with Crippen LogP contribution in [-0.4, -0.2) is 57.0 Å². The second kappa shape index (κ2) is 11.7. The van der Waals surface area contributed by atoms with Crippen LogP contribution >= 0.6 is 0 Å². The summed E-state index contributed by atoms with van der Waals surface area (Å²) >= 11 is 0. The molecule has 8 nitrogen and oxygen atoms in total. The first-order valence-corrected chi connectivity index (χ1v) is 13.7. The van der Waals surface area contributed by atoms with E-state index in [-0.39, 0.29) is 0 Å². The highest BCUT2D eigenvalue weighted by Crippen LogP contribution is 2.33. The fourth-order valence-electron chi connectivity index (χ4n) is 5.95. The second-order valence-corrected chi connectivity index (χ2v) is 10.4. The average Bonchev–Trinajstić information content (AvgIpc) is 3.27. The molecule has 2 aromatic heterocycles. The van der Waals surface area contributed by atoms with E-state index < -0.39 is 0 Å². The van der Waals surface area contributed by atoms with E-state index in [9.17, 15) is 5.26 Å². The number of aliphatic imine (C=N–C) groups is 1. The Hall–Kier alpha value is -3.44. The van der Waals surface area contributed by atoms with Crippen LogP contribution in [0.1, 0.15) is 62.2 Å². The number of nitriles is 1. The second-order valence-electron chi connectivity index (χ2n) is 10.4. The Morgan fingerprint density at radius 1 is 1.22 bits per heavy atom. The van der Waals surface area contributed by atoms with E-state index in [0.29, 0.717) is 17.9 Å². The molecule has 1 aliphatic carbocycles. The smallest absolute Gasteiger partial charge is 0.207 e. The van der Waals surface area contributed by atoms with E-state index >= 15 is 0 Å². The van der Waals surface area contributed by atoms with Gasteiger partial charge < -0.3 is 9.47 Å². The number of para-hydroxylation sites is 2. The number of piperidine rings is 1. The van der Waals surface area contributed by atoms with Gasteiger partial charge in [0.15, 0.2) is 6.19 Å². The van der Waals surface area contributed by atoms with Crippen molar-refractivity contribution in [3.05, 3.63) is 59.7 Å². The number of aromatic nitrogens is 3. The van der Waals surface area contributed by atoms with Crippen molar-refractivity contribution >= 4 is 17.0 Å². The van der Waals surface area contributed by atoms with Crippen molar-refractivity contribution in [3.8, 4) is 6.19 Å². The molecular weight excluding hydrogens is 460 g/mol. The Morgan fingerprint density at radius 2 is 2.11 bits per heavy atom. The lowest BCUT2D eigenvalue weighted by molar-refractivity contribution is 0.196. The van der Waals surface area contributed by atoms with Crippen molar-refractivity contribution in [1.82, 2.24) is 29.7 Å². The Bertz CT molecular complexity index is 1270. The number of fused-ring (bicyclic) bond motifs is 2. The molecule has 1 aliphatic heterocycles. The minimum absolute atomic E-state index is 0.317. The molecule has 3 aromatic rings. The van der Waals surface area contributed by atoms with Crippen molar-refractivity contribution in [2.24, 2.45) is 10.9 Å². The number of benzene rings is 1. The number of nitrogens with zero attached hydrogens (tertiary/aromatic N) is 7. The van der Waals surface area contributed by atoms with Gasteiger partial charge in [0.1, 0.15) is 5.82 Å². The van der Waals surface area contributed by atoms with Crippen molar-refractivity contribution in [3.63, 3.8) is 0 Å². The van der Waals surface area contributed by atoms with Crippen molar-refractivity contribution in [1.29, 1.82) is 5.26 Å². The molecule has 8 heteroatoms. The quantitative estimate of drug-likeness (QED) is 0.224. The lowest BCUT2D eigenvalue weighted by Crippen LogP contribution is -2.46. The lowest BCUT2D eigenvalue weighted by Gasteiger charge is -2.35. The fourth-order valence-corrected chi connectivity index (χ4v) is 5.95. The minimum Gasteiger partial charge on any atom is -0.342 e. The zero-order valence-corrected chi connectivity index (χ0v) is 22.1. The molecule has 3 heterocycles. The summed E-state index contributed by atoms with van der Waals surface area (Å²) in [5.74, 6) is 2.28. The van der Waals surface area contributed by atoms with Gasteiger partial charge >= 0.3 is 0 Å². The molecule has 2 atom stereocenters. The number of nitrogens with one attached hydrogen (secondary N) is 1. The maximum Gasteiger partial charge on any atom is 0.207 e. The predicted octanol–water partition coefficient (Wildman–Crippen LogP) is 4.49. The SMILES string of the molecule is CCCN=C(NC#N)N1CCC[C@@H](Cn2c(CN(C)[C@H]3CCCc4cccnc43)nc3ccccc32)C1. The van der Waals surface area contributed by atoms with E-state index in [1.54, 1.807) is 0 Å². The summed E-state index contributed by atoms with van der Waals surface area (Å²) in [6.07, 6.45) is 10.7. The maximum atomic E-state index is 9.26. The van der Waals surface area contributed by atoms with Crippen LogP contribution < -0.4 is 5.32 Å². The fraction of sp³-hybridized carbons (Fsp3) is 0.517. The molecular formula is C29H38N8. The Labute approximate surface area is 220 Å². The van der Waals surface area contributed by atoms with Gasteiger partial charge in [0.2, 0.25) is 5.96 Å². The maximum absolute atomic E-state index is 9.26. The van der Waals surface area contributed by atoms with Crippen molar-refractivity contribution < 1.29 is 0 Å². The third-order valence-corrected chi connectivity index (χ3v) is 7.73. The number of pyridine rings is 1. The summed E-state index contributed by atoms with van der Waals surface area (Å²) in [6.45, 7) is 6.35. The summed E-state index contributed by atoms with van der Waals surface area (Å²) in [4.78, 5) is 19.2. The average molecular weight is 499 g/mol. The molecule has 0 amide bonds. The van der Waals surface area contributed by atoms with Gasteiger partial charge in [0, 0.05) is 32.4 Å². The molecule has 0 radical (unpaired) electrons. The molecule has 1 N–H and O–H groups in total. The summed E-state index contributed by atoms with van der Waals surface area (Å²) in [5, 5.41) is 12.1. The first-order valence-electron chi connectivity index (χ1n) is 13.7. The van der Waals surface area contributed by atoms with Crippen LogP contribution in [-0.2, 0) is 19.5 Å². The van der Waals surface area contributed by atoms with Gasteiger partial charge in [0.25, 0.3) is 0 Å². The van der Waals surface area contributed by atoms with Gasteiger partial charge in [-0.1, -0.05) is 25.1 Å². The number of hydrogen-bond acceptors (Lipinski definition) is 5. The van der Waals surface area contributed by atoms with Crippen LogP contribution in [0.15, 0.2) is 47.6 Å². The van der Waals surface area contributed by atoms with E-state index in [1.165, 1.54) is 23.2 Å². The molecule has 0 spiro atoms. The largest absolute Gasteiger partial charge is 0.342 e. The highest BCUT2D eigenvalue weighted by Gasteiger charge is 2.28. The number of rotatable bonds is 7. The van der Waals surface area contributed by atoms with Gasteiger partial charge in [-0.05, 0) is 75.3 Å². The Kier molecular flexibility index (Phi) is 8.00. The summed E-state index contributed by atoms with van der Waals surface area (Å²) in [5.41, 5.74) is 4.86. The predicted molar refractivity (Wildman–Crippen MR) is 147 cm³/mol. The van der Waals surface area contributed by atoms with E-state index in [2.05, 4.69) is 81.2 Å². The molecule has 5 rings (SSSR count). The highest BCUT2D eigenvalue weighted by molar-refractivity contribution is 5.81. The highest BCUT2D eigenvalue weighted by atomic mass is 15.3. The summed E-state index contributed by atoms with van der Waals surface area (Å²) < 4.78 is 2.43. The summed E-state index contributed by atoms with van der Waals surface area (Å²) in [6, 6.07) is 13.1. The third kappa shape index (κ3) is 5.62. The lowest BCUT2D eigenvalue weighted by atomic mass is 9.91. The van der Waals surface area contributed by atoms with Gasteiger partial charge in [0.05, 0.1) is 29.3 Å². The van der Waals surface area contributed by atoms with E-state index in [1.807, 2.05) is 6.20 Å². The van der Waals surface area contributed by atoms with Crippen LogP contribution in [0, 0.1) is 17.4 Å². The number of likely N-dealkylation sites (tertiary alicyclic amines) is 1. The van der Waals surface area contributed by atoms with E-state index in [0.717, 1.165) is 76.2 Å². The van der Waals surface area contributed by atoms with Crippen LogP contribution in [0.3, 0.4) is 0 Å². The first-order chi connectivity index (χ1) is 18.2. The molecule has 1 aromatic carbocycles. The van der Waals surface area contributed by atoms with Crippen LogP contribution in [0.25, 0.3) is 11.0 Å². The summed E-state index contributed by atoms with van der Waals surface area (Å²) in [7, 11) is 2.21. The molecule has 0 bridgehead atoms. The zero-order valence-electron chi connectivity index (χ0n) is 22.1. The van der Waals surface area contributed by atoms with E-state index in [4.69, 9.17) is 9.97 Å². The standard InChI is InChI=1S/C29H38N8/c1-3-15-32-29(33-21-30)36-17-8-9-22(18-36)19-37-25-13-5-4-12-24(25)34-27(37)20-35(2)26-14-6-10-23-11-7-16-31-28(23)26/h4-5,7,11-13,16,22,26H,3,6,8-10,14-15,17-20H2,1-2H3,(H,32,33)/t22-,26+/m1/s1. The molecule has 0 unspecified atom stereocenters. The van der Waals surface area contributed by atoms with Crippen molar-refractivity contribution in [2.45, 2.75) is 64.6 Å². The van der Waals surface area contributed by atoms with Gasteiger partial charge in [-0.2, -0.15) is 5.26 Å². The zero-order chi connectivity index (χ0) is 25.6. The molecule has 0 saturated carbocycles.